The molecule has 4 atom stereocenters. The minimum absolute atomic E-state index is 0.132. The quantitative estimate of drug-likeness (QED) is 0.791. The van der Waals surface area contributed by atoms with Crippen molar-refractivity contribution in [1.29, 1.82) is 0 Å². The molecule has 4 heteroatoms. The normalized spacial score (nSPS) is 36.4. The average molecular weight is 269 g/mol. The maximum absolute atomic E-state index is 11.6. The van der Waals surface area contributed by atoms with E-state index in [4.69, 9.17) is 4.74 Å². The molecular formula is C15H27NO3. The van der Waals surface area contributed by atoms with Crippen molar-refractivity contribution in [3.05, 3.63) is 0 Å². The van der Waals surface area contributed by atoms with Gasteiger partial charge in [0, 0.05) is 12.0 Å². The van der Waals surface area contributed by atoms with Crippen LogP contribution in [0.25, 0.3) is 0 Å². The Labute approximate surface area is 116 Å². The van der Waals surface area contributed by atoms with Crippen LogP contribution in [0.5, 0.6) is 0 Å². The number of esters is 1. The summed E-state index contributed by atoms with van der Waals surface area (Å²) in [6, 6.07) is 0.363. The van der Waals surface area contributed by atoms with E-state index in [2.05, 4.69) is 11.8 Å². The molecule has 0 bridgehead atoms. The second-order valence-corrected chi connectivity index (χ2v) is 6.13. The van der Waals surface area contributed by atoms with Crippen LogP contribution in [0, 0.1) is 11.8 Å². The molecule has 4 nitrogen and oxygen atoms in total. The summed E-state index contributed by atoms with van der Waals surface area (Å²) in [6.07, 6.45) is 5.17. The first-order valence-electron chi connectivity index (χ1n) is 7.69. The highest BCUT2D eigenvalue weighted by Gasteiger charge is 2.39. The molecule has 1 N–H and O–H groups in total. The first kappa shape index (κ1) is 14.8. The fraction of sp³-hybridized carbons (Fsp3) is 0.933. The lowest BCUT2D eigenvalue weighted by Crippen LogP contribution is -2.45. The Hall–Kier alpha value is -0.610. The van der Waals surface area contributed by atoms with Gasteiger partial charge in [0.25, 0.3) is 0 Å². The van der Waals surface area contributed by atoms with E-state index in [1.54, 1.807) is 0 Å². The summed E-state index contributed by atoms with van der Waals surface area (Å²) >= 11 is 0. The van der Waals surface area contributed by atoms with Gasteiger partial charge in [-0.05, 0) is 51.5 Å². The maximum Gasteiger partial charge on any atom is 0.320 e. The van der Waals surface area contributed by atoms with E-state index in [9.17, 15) is 9.90 Å². The number of ether oxygens (including phenoxy) is 1. The molecule has 2 aliphatic rings. The van der Waals surface area contributed by atoms with Gasteiger partial charge in [-0.2, -0.15) is 0 Å². The summed E-state index contributed by atoms with van der Waals surface area (Å²) in [4.78, 5) is 13.9. The molecule has 0 unspecified atom stereocenters. The lowest BCUT2D eigenvalue weighted by molar-refractivity contribution is -0.145. The van der Waals surface area contributed by atoms with Gasteiger partial charge in [0.2, 0.25) is 0 Å². The molecule has 1 aliphatic heterocycles. The van der Waals surface area contributed by atoms with Crippen LogP contribution in [0.4, 0.5) is 0 Å². The molecule has 2 fully saturated rings. The first-order valence-corrected chi connectivity index (χ1v) is 7.69. The van der Waals surface area contributed by atoms with Crippen molar-refractivity contribution in [1.82, 2.24) is 4.90 Å². The van der Waals surface area contributed by atoms with Gasteiger partial charge in [-0.1, -0.05) is 6.92 Å². The van der Waals surface area contributed by atoms with E-state index >= 15 is 0 Å². The van der Waals surface area contributed by atoms with Gasteiger partial charge in [-0.3, -0.25) is 9.69 Å². The lowest BCUT2D eigenvalue weighted by Gasteiger charge is -2.39. The number of nitrogens with zero attached hydrogens (tertiary/aromatic N) is 1. The van der Waals surface area contributed by atoms with Gasteiger partial charge in [0.15, 0.2) is 0 Å². The highest BCUT2D eigenvalue weighted by Crippen LogP contribution is 2.36. The molecule has 0 aromatic heterocycles. The number of carbonyl (C=O) groups excluding carboxylic acids is 1. The van der Waals surface area contributed by atoms with E-state index in [1.165, 1.54) is 0 Å². The number of hydrogen-bond donors (Lipinski definition) is 1. The molecule has 0 amide bonds. The third kappa shape index (κ3) is 3.69. The third-order valence-corrected chi connectivity index (χ3v) is 4.67. The minimum Gasteiger partial charge on any atom is -0.465 e. The van der Waals surface area contributed by atoms with Crippen molar-refractivity contribution in [3.8, 4) is 0 Å². The lowest BCUT2D eigenvalue weighted by atomic mass is 9.76. The monoisotopic (exact) mass is 269 g/mol. The maximum atomic E-state index is 11.6. The SMILES string of the molecule is CCOC(=O)CN1CCC[C@@H]1[C@@H]1C[C@@H](C)CC[C@@H]1O. The van der Waals surface area contributed by atoms with Crippen molar-refractivity contribution in [2.24, 2.45) is 11.8 Å². The molecule has 0 spiro atoms. The predicted molar refractivity (Wildman–Crippen MR) is 73.7 cm³/mol. The van der Waals surface area contributed by atoms with Crippen LogP contribution in [0.15, 0.2) is 0 Å². The third-order valence-electron chi connectivity index (χ3n) is 4.67. The molecule has 0 radical (unpaired) electrons. The molecule has 110 valence electrons. The topological polar surface area (TPSA) is 49.8 Å². The largest absolute Gasteiger partial charge is 0.465 e. The molecular weight excluding hydrogens is 242 g/mol. The Balaban J connectivity index is 1.95. The number of aliphatic hydroxyl groups is 1. The van der Waals surface area contributed by atoms with Gasteiger partial charge < -0.3 is 9.84 Å². The second-order valence-electron chi connectivity index (χ2n) is 6.13. The van der Waals surface area contributed by atoms with Crippen LogP contribution in [-0.2, 0) is 9.53 Å². The second kappa shape index (κ2) is 6.71. The summed E-state index contributed by atoms with van der Waals surface area (Å²) in [5, 5.41) is 10.3. The van der Waals surface area contributed by atoms with Gasteiger partial charge >= 0.3 is 5.97 Å². The van der Waals surface area contributed by atoms with Gasteiger partial charge in [-0.25, -0.2) is 0 Å². The van der Waals surface area contributed by atoms with Crippen LogP contribution < -0.4 is 0 Å². The van der Waals surface area contributed by atoms with Crippen LogP contribution in [0.1, 0.15) is 46.0 Å². The molecule has 19 heavy (non-hydrogen) atoms. The molecule has 1 saturated heterocycles. The average Bonchev–Trinajstić information content (AvgIpc) is 2.80. The Morgan fingerprint density at radius 3 is 2.89 bits per heavy atom. The number of likely N-dealkylation sites (tertiary alicyclic amines) is 1. The minimum atomic E-state index is -0.191. The number of hydrogen-bond acceptors (Lipinski definition) is 4. The number of carbonyl (C=O) groups is 1. The highest BCUT2D eigenvalue weighted by molar-refractivity contribution is 5.71. The van der Waals surface area contributed by atoms with Gasteiger partial charge in [0.05, 0.1) is 19.3 Å². The summed E-state index contributed by atoms with van der Waals surface area (Å²) in [7, 11) is 0. The van der Waals surface area contributed by atoms with Crippen LogP contribution >= 0.6 is 0 Å². The Morgan fingerprint density at radius 2 is 2.16 bits per heavy atom. The summed E-state index contributed by atoms with van der Waals surface area (Å²) < 4.78 is 5.04. The first-order chi connectivity index (χ1) is 9.11. The molecule has 1 saturated carbocycles. The zero-order chi connectivity index (χ0) is 13.8. The number of aliphatic hydroxyl groups excluding tert-OH is 1. The van der Waals surface area contributed by atoms with Crippen molar-refractivity contribution >= 4 is 5.97 Å². The standard InChI is InChI=1S/C15H27NO3/c1-3-19-15(18)10-16-8-4-5-13(16)12-9-11(2)6-7-14(12)17/h11-14,17H,3-10H2,1-2H3/t11-,12-,13+,14-/m0/s1. The van der Waals surface area contributed by atoms with Gasteiger partial charge in [0.1, 0.15) is 0 Å². The van der Waals surface area contributed by atoms with E-state index in [1.807, 2.05) is 6.92 Å². The van der Waals surface area contributed by atoms with E-state index in [0.717, 1.165) is 38.6 Å². The highest BCUT2D eigenvalue weighted by atomic mass is 16.5. The van der Waals surface area contributed by atoms with E-state index < -0.39 is 0 Å². The molecule has 0 aromatic carbocycles. The Kier molecular flexibility index (Phi) is 5.22. The summed E-state index contributed by atoms with van der Waals surface area (Å²) in [5.41, 5.74) is 0. The Morgan fingerprint density at radius 1 is 1.37 bits per heavy atom. The summed E-state index contributed by atoms with van der Waals surface area (Å²) in [5.74, 6) is 0.895. The smallest absolute Gasteiger partial charge is 0.320 e. The Bertz CT molecular complexity index is 308. The van der Waals surface area contributed by atoms with Crippen LogP contribution in [-0.4, -0.2) is 47.8 Å². The molecule has 1 aliphatic carbocycles. The van der Waals surface area contributed by atoms with Crippen molar-refractivity contribution < 1.29 is 14.6 Å². The van der Waals surface area contributed by atoms with Gasteiger partial charge in [-0.15, -0.1) is 0 Å². The molecule has 1 heterocycles. The van der Waals surface area contributed by atoms with Crippen molar-refractivity contribution in [3.63, 3.8) is 0 Å². The molecule has 2 rings (SSSR count). The van der Waals surface area contributed by atoms with Crippen LogP contribution in [0.2, 0.25) is 0 Å². The zero-order valence-corrected chi connectivity index (χ0v) is 12.2. The van der Waals surface area contributed by atoms with Crippen molar-refractivity contribution in [2.75, 3.05) is 19.7 Å². The zero-order valence-electron chi connectivity index (χ0n) is 12.2. The number of rotatable bonds is 4. The van der Waals surface area contributed by atoms with Crippen LogP contribution in [0.3, 0.4) is 0 Å². The predicted octanol–water partition coefficient (Wildman–Crippen LogP) is 1.81. The fourth-order valence-electron chi connectivity index (χ4n) is 3.73. The van der Waals surface area contributed by atoms with E-state index in [0.29, 0.717) is 31.0 Å². The van der Waals surface area contributed by atoms with Crippen molar-refractivity contribution in [2.45, 2.75) is 58.1 Å². The summed E-state index contributed by atoms with van der Waals surface area (Å²) in [6.45, 7) is 5.90. The van der Waals surface area contributed by atoms with E-state index in [-0.39, 0.29) is 12.1 Å². The fourth-order valence-corrected chi connectivity index (χ4v) is 3.73. The molecule has 0 aromatic rings.